The average Bonchev–Trinajstić information content (AvgIpc) is 3.14. The van der Waals surface area contributed by atoms with Gasteiger partial charge in [-0.15, -0.1) is 0 Å². The molecule has 0 unspecified atom stereocenters. The van der Waals surface area contributed by atoms with Crippen LogP contribution in [-0.2, 0) is 4.74 Å². The first-order valence-corrected chi connectivity index (χ1v) is 11.1. The van der Waals surface area contributed by atoms with Crippen LogP contribution in [-0.4, -0.2) is 73.4 Å². The highest BCUT2D eigenvalue weighted by Gasteiger charge is 2.31. The first-order valence-electron chi connectivity index (χ1n) is 11.1. The first kappa shape index (κ1) is 20.4. The lowest BCUT2D eigenvalue weighted by Gasteiger charge is -2.37. The Morgan fingerprint density at radius 3 is 2.24 bits per heavy atom. The molecule has 2 aliphatic heterocycles. The van der Waals surface area contributed by atoms with Gasteiger partial charge in [-0.1, -0.05) is 19.1 Å². The van der Waals surface area contributed by atoms with Crippen LogP contribution in [0.15, 0.2) is 24.3 Å². The van der Waals surface area contributed by atoms with Crippen molar-refractivity contribution in [2.24, 2.45) is 5.92 Å². The Balaban J connectivity index is 1.62. The number of rotatable bonds is 6. The Morgan fingerprint density at radius 2 is 1.62 bits per heavy atom. The number of hydrogen-bond donors (Lipinski definition) is 0. The number of fused-ring (bicyclic) bond motifs is 1. The van der Waals surface area contributed by atoms with E-state index in [0.717, 1.165) is 55.4 Å². The van der Waals surface area contributed by atoms with Crippen LogP contribution in [0.25, 0.3) is 11.0 Å². The van der Waals surface area contributed by atoms with Crippen molar-refractivity contribution in [2.75, 3.05) is 56.1 Å². The molecular weight excluding hydrogens is 362 g/mol. The summed E-state index contributed by atoms with van der Waals surface area (Å²) in [7, 11) is 2.24. The number of morpholine rings is 1. The maximum Gasteiger partial charge on any atom is 0.172 e. The van der Waals surface area contributed by atoms with Crippen molar-refractivity contribution in [3.8, 4) is 0 Å². The standard InChI is InChI=1S/C23H35N5O/c1-5-11-26(4)15-19-10-12-27(16-19)22-23(28-13-17(2)29-18(3)14-28)25-21-9-7-6-8-20(21)24-22/h6-9,17-19H,5,10-16H2,1-4H3/t17-,18-,19+/m1/s1. The van der Waals surface area contributed by atoms with Crippen molar-refractivity contribution in [1.82, 2.24) is 14.9 Å². The van der Waals surface area contributed by atoms with E-state index in [9.17, 15) is 0 Å². The SMILES string of the molecule is CCCN(C)C[C@@H]1CCN(c2nc3ccccc3nc2N2C[C@@H](C)O[C@H](C)C2)C1. The van der Waals surface area contributed by atoms with Crippen molar-refractivity contribution in [2.45, 2.75) is 45.8 Å². The number of hydrogen-bond acceptors (Lipinski definition) is 6. The number of aromatic nitrogens is 2. The van der Waals surface area contributed by atoms with Gasteiger partial charge in [0.2, 0.25) is 0 Å². The van der Waals surface area contributed by atoms with Gasteiger partial charge in [-0.05, 0) is 58.3 Å². The number of anilines is 2. The van der Waals surface area contributed by atoms with Gasteiger partial charge < -0.3 is 19.4 Å². The zero-order chi connectivity index (χ0) is 20.4. The van der Waals surface area contributed by atoms with Crippen molar-refractivity contribution in [3.63, 3.8) is 0 Å². The van der Waals surface area contributed by atoms with E-state index in [1.807, 2.05) is 12.1 Å². The highest BCUT2D eigenvalue weighted by Crippen LogP contribution is 2.33. The van der Waals surface area contributed by atoms with Gasteiger partial charge in [-0.25, -0.2) is 9.97 Å². The summed E-state index contributed by atoms with van der Waals surface area (Å²) in [6.07, 6.45) is 2.83. The second kappa shape index (κ2) is 8.84. The molecule has 2 saturated heterocycles. The maximum atomic E-state index is 5.97. The van der Waals surface area contributed by atoms with Gasteiger partial charge >= 0.3 is 0 Å². The molecule has 3 atom stereocenters. The minimum Gasteiger partial charge on any atom is -0.372 e. The minimum absolute atomic E-state index is 0.203. The van der Waals surface area contributed by atoms with E-state index >= 15 is 0 Å². The van der Waals surface area contributed by atoms with Gasteiger partial charge in [0.05, 0.1) is 23.2 Å². The molecule has 2 fully saturated rings. The molecular formula is C23H35N5O. The van der Waals surface area contributed by atoms with Crippen LogP contribution in [0.1, 0.15) is 33.6 Å². The summed E-state index contributed by atoms with van der Waals surface area (Å²) in [5.41, 5.74) is 1.95. The summed E-state index contributed by atoms with van der Waals surface area (Å²) in [5.74, 6) is 2.76. The molecule has 0 bridgehead atoms. The van der Waals surface area contributed by atoms with Crippen LogP contribution in [0.4, 0.5) is 11.6 Å². The Kier molecular flexibility index (Phi) is 6.20. The van der Waals surface area contributed by atoms with Crippen LogP contribution in [0.2, 0.25) is 0 Å². The Hall–Kier alpha value is -1.92. The highest BCUT2D eigenvalue weighted by molar-refractivity contribution is 5.81. The maximum absolute atomic E-state index is 5.97. The fraction of sp³-hybridized carbons (Fsp3) is 0.652. The van der Waals surface area contributed by atoms with E-state index in [2.05, 4.69) is 54.7 Å². The van der Waals surface area contributed by atoms with E-state index in [0.29, 0.717) is 5.92 Å². The average molecular weight is 398 g/mol. The number of benzene rings is 1. The van der Waals surface area contributed by atoms with Crippen molar-refractivity contribution < 1.29 is 4.74 Å². The van der Waals surface area contributed by atoms with Crippen LogP contribution in [0.3, 0.4) is 0 Å². The molecule has 0 N–H and O–H groups in total. The van der Waals surface area contributed by atoms with E-state index in [1.165, 1.54) is 19.4 Å². The van der Waals surface area contributed by atoms with Gasteiger partial charge in [-0.2, -0.15) is 0 Å². The summed E-state index contributed by atoms with van der Waals surface area (Å²) < 4.78 is 5.97. The number of nitrogens with zero attached hydrogens (tertiary/aromatic N) is 5. The summed E-state index contributed by atoms with van der Waals surface area (Å²) in [6.45, 7) is 12.7. The third kappa shape index (κ3) is 4.64. The molecule has 1 aromatic heterocycles. The fourth-order valence-corrected chi connectivity index (χ4v) is 4.84. The second-order valence-electron chi connectivity index (χ2n) is 8.88. The Bertz CT molecular complexity index is 818. The van der Waals surface area contributed by atoms with E-state index in [4.69, 9.17) is 14.7 Å². The van der Waals surface area contributed by atoms with Gasteiger partial charge in [0, 0.05) is 32.7 Å². The molecule has 1 aromatic carbocycles. The molecule has 6 nitrogen and oxygen atoms in total. The number of ether oxygens (including phenoxy) is 1. The lowest BCUT2D eigenvalue weighted by molar-refractivity contribution is -0.00542. The Morgan fingerprint density at radius 1 is 1.00 bits per heavy atom. The Labute approximate surface area is 174 Å². The second-order valence-corrected chi connectivity index (χ2v) is 8.88. The van der Waals surface area contributed by atoms with Crippen LogP contribution < -0.4 is 9.80 Å². The predicted molar refractivity (Wildman–Crippen MR) is 120 cm³/mol. The van der Waals surface area contributed by atoms with Crippen molar-refractivity contribution >= 4 is 22.7 Å². The number of para-hydroxylation sites is 2. The van der Waals surface area contributed by atoms with Gasteiger partial charge in [0.1, 0.15) is 0 Å². The fourth-order valence-electron chi connectivity index (χ4n) is 4.84. The summed E-state index contributed by atoms with van der Waals surface area (Å²) in [6, 6.07) is 8.23. The van der Waals surface area contributed by atoms with Crippen LogP contribution >= 0.6 is 0 Å². The van der Waals surface area contributed by atoms with E-state index < -0.39 is 0 Å². The zero-order valence-electron chi connectivity index (χ0n) is 18.3. The molecule has 158 valence electrons. The van der Waals surface area contributed by atoms with Crippen LogP contribution in [0, 0.1) is 5.92 Å². The van der Waals surface area contributed by atoms with Crippen molar-refractivity contribution in [1.29, 1.82) is 0 Å². The topological polar surface area (TPSA) is 44.7 Å². The molecule has 0 amide bonds. The third-order valence-corrected chi connectivity index (χ3v) is 6.01. The molecule has 3 heterocycles. The quantitative estimate of drug-likeness (QED) is 0.744. The molecule has 6 heteroatoms. The normalized spacial score (nSPS) is 25.3. The molecule has 2 aromatic rings. The van der Waals surface area contributed by atoms with E-state index in [-0.39, 0.29) is 12.2 Å². The lowest BCUT2D eigenvalue weighted by atomic mass is 10.1. The summed E-state index contributed by atoms with van der Waals surface area (Å²) >= 11 is 0. The predicted octanol–water partition coefficient (Wildman–Crippen LogP) is 3.41. The van der Waals surface area contributed by atoms with Gasteiger partial charge in [-0.3, -0.25) is 0 Å². The molecule has 0 radical (unpaired) electrons. The molecule has 0 spiro atoms. The molecule has 2 aliphatic rings. The van der Waals surface area contributed by atoms with Gasteiger partial charge in [0.15, 0.2) is 11.6 Å². The highest BCUT2D eigenvalue weighted by atomic mass is 16.5. The molecule has 0 saturated carbocycles. The largest absolute Gasteiger partial charge is 0.372 e. The molecule has 29 heavy (non-hydrogen) atoms. The minimum atomic E-state index is 0.203. The zero-order valence-corrected chi connectivity index (χ0v) is 18.3. The summed E-state index contributed by atoms with van der Waals surface area (Å²) in [5, 5.41) is 0. The first-order chi connectivity index (χ1) is 14.0. The van der Waals surface area contributed by atoms with Gasteiger partial charge in [0.25, 0.3) is 0 Å². The smallest absolute Gasteiger partial charge is 0.172 e. The van der Waals surface area contributed by atoms with E-state index in [1.54, 1.807) is 0 Å². The lowest BCUT2D eigenvalue weighted by Crippen LogP contribution is -2.46. The third-order valence-electron chi connectivity index (χ3n) is 6.01. The monoisotopic (exact) mass is 397 g/mol. The van der Waals surface area contributed by atoms with Crippen LogP contribution in [0.5, 0.6) is 0 Å². The summed E-state index contributed by atoms with van der Waals surface area (Å²) in [4.78, 5) is 17.5. The molecule has 0 aliphatic carbocycles. The molecule has 4 rings (SSSR count). The van der Waals surface area contributed by atoms with Crippen molar-refractivity contribution in [3.05, 3.63) is 24.3 Å².